The van der Waals surface area contributed by atoms with Crippen LogP contribution in [0.15, 0.2) is 45.5 Å². The molecular formula is C19H23BrN2O3. The van der Waals surface area contributed by atoms with Gasteiger partial charge >= 0.3 is 0 Å². The van der Waals surface area contributed by atoms with E-state index in [4.69, 9.17) is 9.15 Å². The summed E-state index contributed by atoms with van der Waals surface area (Å²) in [7, 11) is 0. The van der Waals surface area contributed by atoms with Crippen LogP contribution in [-0.2, 0) is 17.8 Å². The average molecular weight is 407 g/mol. The summed E-state index contributed by atoms with van der Waals surface area (Å²) >= 11 is 3.21. The average Bonchev–Trinajstić information content (AvgIpc) is 2.99. The van der Waals surface area contributed by atoms with Gasteiger partial charge in [0.15, 0.2) is 10.4 Å². The summed E-state index contributed by atoms with van der Waals surface area (Å²) in [5.41, 5.74) is 2.35. The van der Waals surface area contributed by atoms with Gasteiger partial charge in [-0.1, -0.05) is 24.3 Å². The van der Waals surface area contributed by atoms with Gasteiger partial charge in [0.25, 0.3) is 5.91 Å². The normalized spacial score (nSPS) is 21.2. The monoisotopic (exact) mass is 406 g/mol. The molecule has 2 unspecified atom stereocenters. The standard InChI is InChI=1S/C19H23BrN2O3/c1-13-10-22(11-14(2)24-13)12-16-6-4-3-5-15(16)9-21-19(23)17-7-8-18(20)25-17/h3-8,13-14H,9-12H2,1-2H3,(H,21,23). The van der Waals surface area contributed by atoms with Crippen LogP contribution >= 0.6 is 15.9 Å². The van der Waals surface area contributed by atoms with Gasteiger partial charge in [-0.2, -0.15) is 0 Å². The zero-order chi connectivity index (χ0) is 17.8. The van der Waals surface area contributed by atoms with Gasteiger partial charge in [-0.3, -0.25) is 9.69 Å². The van der Waals surface area contributed by atoms with Crippen molar-refractivity contribution in [2.24, 2.45) is 0 Å². The van der Waals surface area contributed by atoms with Crippen molar-refractivity contribution in [3.63, 3.8) is 0 Å². The minimum atomic E-state index is -0.214. The Morgan fingerprint density at radius 2 is 1.84 bits per heavy atom. The molecule has 3 rings (SSSR count). The number of hydrogen-bond donors (Lipinski definition) is 1. The lowest BCUT2D eigenvalue weighted by molar-refractivity contribution is -0.0705. The number of morpholine rings is 1. The van der Waals surface area contributed by atoms with Gasteiger partial charge in [0.1, 0.15) is 0 Å². The Morgan fingerprint density at radius 1 is 1.16 bits per heavy atom. The Hall–Kier alpha value is -1.63. The van der Waals surface area contributed by atoms with Crippen LogP contribution in [-0.4, -0.2) is 36.1 Å². The van der Waals surface area contributed by atoms with E-state index in [-0.39, 0.29) is 18.1 Å². The van der Waals surface area contributed by atoms with Crippen molar-refractivity contribution >= 4 is 21.8 Å². The molecule has 2 heterocycles. The Kier molecular flexibility index (Phi) is 5.93. The van der Waals surface area contributed by atoms with Gasteiger partial charge in [-0.05, 0) is 53.0 Å². The number of rotatable bonds is 5. The molecule has 1 aromatic carbocycles. The molecule has 1 amide bonds. The predicted octanol–water partition coefficient (Wildman–Crippen LogP) is 3.58. The lowest BCUT2D eigenvalue weighted by Gasteiger charge is -2.35. The minimum Gasteiger partial charge on any atom is -0.444 e. The van der Waals surface area contributed by atoms with Gasteiger partial charge in [-0.25, -0.2) is 0 Å². The van der Waals surface area contributed by atoms with Crippen molar-refractivity contribution in [1.29, 1.82) is 0 Å². The van der Waals surface area contributed by atoms with Crippen LogP contribution < -0.4 is 5.32 Å². The lowest BCUT2D eigenvalue weighted by atomic mass is 10.1. The van der Waals surface area contributed by atoms with E-state index < -0.39 is 0 Å². The first-order valence-corrected chi connectivity index (χ1v) is 9.28. The maximum atomic E-state index is 12.2. The van der Waals surface area contributed by atoms with Gasteiger partial charge < -0.3 is 14.5 Å². The van der Waals surface area contributed by atoms with Gasteiger partial charge in [-0.15, -0.1) is 0 Å². The van der Waals surface area contributed by atoms with Crippen molar-refractivity contribution in [3.05, 3.63) is 58.0 Å². The minimum absolute atomic E-state index is 0.214. The number of carbonyl (C=O) groups is 1. The zero-order valence-electron chi connectivity index (χ0n) is 14.5. The van der Waals surface area contributed by atoms with Crippen LogP contribution in [0.4, 0.5) is 0 Å². The van der Waals surface area contributed by atoms with Crippen molar-refractivity contribution in [2.75, 3.05) is 13.1 Å². The first-order chi connectivity index (χ1) is 12.0. The first-order valence-electron chi connectivity index (χ1n) is 8.49. The van der Waals surface area contributed by atoms with Gasteiger partial charge in [0.05, 0.1) is 12.2 Å². The fourth-order valence-electron chi connectivity index (χ4n) is 3.24. The summed E-state index contributed by atoms with van der Waals surface area (Å²) < 4.78 is 11.6. The van der Waals surface area contributed by atoms with Crippen LogP contribution in [0.3, 0.4) is 0 Å². The molecule has 0 bridgehead atoms. The van der Waals surface area contributed by atoms with Crippen molar-refractivity contribution < 1.29 is 13.9 Å². The summed E-state index contributed by atoms with van der Waals surface area (Å²) in [6.45, 7) is 7.39. The molecule has 2 aromatic rings. The summed E-state index contributed by atoms with van der Waals surface area (Å²) in [6, 6.07) is 11.6. The van der Waals surface area contributed by atoms with E-state index in [9.17, 15) is 4.79 Å². The van der Waals surface area contributed by atoms with E-state index in [1.807, 2.05) is 12.1 Å². The molecule has 0 radical (unpaired) electrons. The number of nitrogens with one attached hydrogen (secondary N) is 1. The molecule has 5 nitrogen and oxygen atoms in total. The number of hydrogen-bond acceptors (Lipinski definition) is 4. The molecule has 0 saturated carbocycles. The van der Waals surface area contributed by atoms with E-state index in [0.29, 0.717) is 17.0 Å². The summed E-state index contributed by atoms with van der Waals surface area (Å²) in [5.74, 6) is 0.0919. The molecule has 1 fully saturated rings. The van der Waals surface area contributed by atoms with Gasteiger partial charge in [0, 0.05) is 26.2 Å². The molecule has 1 aromatic heterocycles. The van der Waals surface area contributed by atoms with Crippen LogP contribution in [0.25, 0.3) is 0 Å². The highest BCUT2D eigenvalue weighted by molar-refractivity contribution is 9.10. The largest absolute Gasteiger partial charge is 0.444 e. The Morgan fingerprint density at radius 3 is 2.48 bits per heavy atom. The Labute approximate surface area is 156 Å². The summed E-state index contributed by atoms with van der Waals surface area (Å²) in [4.78, 5) is 14.6. The SMILES string of the molecule is CC1CN(Cc2ccccc2CNC(=O)c2ccc(Br)o2)CC(C)O1. The van der Waals surface area contributed by atoms with Crippen LogP contribution in [0.2, 0.25) is 0 Å². The fourth-order valence-corrected chi connectivity index (χ4v) is 3.54. The molecule has 1 aliphatic rings. The van der Waals surface area contributed by atoms with E-state index in [0.717, 1.165) is 25.2 Å². The molecule has 1 N–H and O–H groups in total. The zero-order valence-corrected chi connectivity index (χ0v) is 16.1. The number of nitrogens with zero attached hydrogens (tertiary/aromatic N) is 1. The number of halogens is 1. The van der Waals surface area contributed by atoms with E-state index in [1.165, 1.54) is 5.56 Å². The third kappa shape index (κ3) is 4.93. The number of furan rings is 1. The summed E-state index contributed by atoms with van der Waals surface area (Å²) in [5, 5.41) is 2.93. The second kappa shape index (κ2) is 8.17. The molecule has 1 aliphatic heterocycles. The number of carbonyl (C=O) groups excluding carboxylic acids is 1. The topological polar surface area (TPSA) is 54.7 Å². The highest BCUT2D eigenvalue weighted by Crippen LogP contribution is 2.18. The molecule has 2 atom stereocenters. The quantitative estimate of drug-likeness (QED) is 0.824. The molecule has 1 saturated heterocycles. The van der Waals surface area contributed by atoms with Crippen LogP contribution in [0.1, 0.15) is 35.5 Å². The number of benzene rings is 1. The fraction of sp³-hybridized carbons (Fsp3) is 0.421. The number of amides is 1. The predicted molar refractivity (Wildman–Crippen MR) is 99.3 cm³/mol. The third-order valence-corrected chi connectivity index (χ3v) is 4.67. The molecule has 0 spiro atoms. The maximum Gasteiger partial charge on any atom is 0.287 e. The summed E-state index contributed by atoms with van der Waals surface area (Å²) in [6.07, 6.45) is 0.487. The van der Waals surface area contributed by atoms with E-state index in [1.54, 1.807) is 12.1 Å². The molecule has 6 heteroatoms. The van der Waals surface area contributed by atoms with Crippen LogP contribution in [0, 0.1) is 0 Å². The van der Waals surface area contributed by atoms with E-state index >= 15 is 0 Å². The van der Waals surface area contributed by atoms with Gasteiger partial charge in [0.2, 0.25) is 0 Å². The molecule has 0 aliphatic carbocycles. The lowest BCUT2D eigenvalue weighted by Crippen LogP contribution is -2.45. The Bertz CT molecular complexity index is 721. The van der Waals surface area contributed by atoms with Crippen LogP contribution in [0.5, 0.6) is 0 Å². The first kappa shape index (κ1) is 18.2. The third-order valence-electron chi connectivity index (χ3n) is 4.24. The Balaban J connectivity index is 1.63. The molecular weight excluding hydrogens is 384 g/mol. The highest BCUT2D eigenvalue weighted by atomic mass is 79.9. The van der Waals surface area contributed by atoms with Crippen molar-refractivity contribution in [1.82, 2.24) is 10.2 Å². The van der Waals surface area contributed by atoms with Crippen molar-refractivity contribution in [3.8, 4) is 0 Å². The molecule has 134 valence electrons. The maximum absolute atomic E-state index is 12.2. The van der Waals surface area contributed by atoms with E-state index in [2.05, 4.69) is 52.1 Å². The molecule has 25 heavy (non-hydrogen) atoms. The van der Waals surface area contributed by atoms with Crippen molar-refractivity contribution in [2.45, 2.75) is 39.1 Å². The highest BCUT2D eigenvalue weighted by Gasteiger charge is 2.22. The smallest absolute Gasteiger partial charge is 0.287 e. The second-order valence-electron chi connectivity index (χ2n) is 6.51. The number of ether oxygens (including phenoxy) is 1. The second-order valence-corrected chi connectivity index (χ2v) is 7.29.